The second-order valence-corrected chi connectivity index (χ2v) is 4.73. The molecule has 3 heteroatoms. The lowest BCUT2D eigenvalue weighted by molar-refractivity contribution is 0.0290. The van der Waals surface area contributed by atoms with Gasteiger partial charge in [-0.2, -0.15) is 0 Å². The molecule has 2 unspecified atom stereocenters. The van der Waals surface area contributed by atoms with Crippen molar-refractivity contribution in [3.05, 3.63) is 0 Å². The summed E-state index contributed by atoms with van der Waals surface area (Å²) in [5.41, 5.74) is 2.91. The van der Waals surface area contributed by atoms with Gasteiger partial charge in [0.1, 0.15) is 0 Å². The van der Waals surface area contributed by atoms with Crippen LogP contribution in [0, 0.1) is 0 Å². The van der Waals surface area contributed by atoms with Crippen LogP contribution in [0.4, 0.5) is 0 Å². The van der Waals surface area contributed by atoms with E-state index in [2.05, 4.69) is 19.3 Å². The van der Waals surface area contributed by atoms with Gasteiger partial charge in [0.25, 0.3) is 0 Å². The first kappa shape index (κ1) is 16.9. The third-order valence-corrected chi connectivity index (χ3v) is 3.31. The van der Waals surface area contributed by atoms with Crippen molar-refractivity contribution in [2.45, 2.75) is 84.3 Å². The van der Waals surface area contributed by atoms with Gasteiger partial charge in [-0.3, -0.25) is 11.3 Å². The number of hydrogen-bond acceptors (Lipinski definition) is 3. The van der Waals surface area contributed by atoms with Crippen LogP contribution < -0.4 is 11.3 Å². The first-order valence-electron chi connectivity index (χ1n) is 7.37. The van der Waals surface area contributed by atoms with E-state index in [1.54, 1.807) is 0 Å². The number of rotatable bonds is 12. The highest BCUT2D eigenvalue weighted by atomic mass is 16.5. The highest BCUT2D eigenvalue weighted by Gasteiger charge is 2.18. The molecule has 0 amide bonds. The zero-order chi connectivity index (χ0) is 12.9. The summed E-state index contributed by atoms with van der Waals surface area (Å²) in [4.78, 5) is 0. The number of unbranched alkanes of at least 4 members (excludes halogenated alkanes) is 5. The Bertz CT molecular complexity index is 153. The van der Waals surface area contributed by atoms with Crippen LogP contribution in [-0.4, -0.2) is 18.8 Å². The first-order valence-corrected chi connectivity index (χ1v) is 7.37. The van der Waals surface area contributed by atoms with Crippen LogP contribution in [-0.2, 0) is 4.74 Å². The molecule has 0 saturated heterocycles. The van der Waals surface area contributed by atoms with Crippen LogP contribution in [0.2, 0.25) is 0 Å². The fourth-order valence-corrected chi connectivity index (χ4v) is 2.25. The number of nitrogens with one attached hydrogen (secondary N) is 1. The van der Waals surface area contributed by atoms with Gasteiger partial charge in [0.2, 0.25) is 0 Å². The average molecular weight is 244 g/mol. The summed E-state index contributed by atoms with van der Waals surface area (Å²) < 4.78 is 5.70. The van der Waals surface area contributed by atoms with E-state index in [1.165, 1.54) is 38.5 Å². The van der Waals surface area contributed by atoms with Gasteiger partial charge >= 0.3 is 0 Å². The van der Waals surface area contributed by atoms with E-state index in [0.29, 0.717) is 6.04 Å². The lowest BCUT2D eigenvalue weighted by Gasteiger charge is -2.25. The second-order valence-electron chi connectivity index (χ2n) is 4.73. The fourth-order valence-electron chi connectivity index (χ4n) is 2.25. The summed E-state index contributed by atoms with van der Waals surface area (Å²) in [6.07, 6.45) is 10.4. The van der Waals surface area contributed by atoms with Gasteiger partial charge in [-0.05, 0) is 19.8 Å². The van der Waals surface area contributed by atoms with E-state index >= 15 is 0 Å². The summed E-state index contributed by atoms with van der Waals surface area (Å²) in [7, 11) is 0. The molecule has 104 valence electrons. The molecule has 0 radical (unpaired) electrons. The predicted molar refractivity (Wildman–Crippen MR) is 74.8 cm³/mol. The highest BCUT2D eigenvalue weighted by molar-refractivity contribution is 4.74. The van der Waals surface area contributed by atoms with Crippen LogP contribution in [0.1, 0.15) is 72.1 Å². The molecule has 17 heavy (non-hydrogen) atoms. The van der Waals surface area contributed by atoms with Crippen LogP contribution in [0.3, 0.4) is 0 Å². The summed E-state index contributed by atoms with van der Waals surface area (Å²) in [6.45, 7) is 7.22. The van der Waals surface area contributed by atoms with Crippen molar-refractivity contribution in [3.63, 3.8) is 0 Å². The molecule has 3 N–H and O–H groups in total. The normalized spacial score (nSPS) is 14.8. The predicted octanol–water partition coefficient (Wildman–Crippen LogP) is 3.38. The molecule has 2 atom stereocenters. The minimum absolute atomic E-state index is 0.264. The minimum Gasteiger partial charge on any atom is -0.377 e. The summed E-state index contributed by atoms with van der Waals surface area (Å²) >= 11 is 0. The Labute approximate surface area is 107 Å². The van der Waals surface area contributed by atoms with Crippen molar-refractivity contribution in [2.24, 2.45) is 5.84 Å². The van der Waals surface area contributed by atoms with Crippen LogP contribution in [0.25, 0.3) is 0 Å². The van der Waals surface area contributed by atoms with Gasteiger partial charge in [0.15, 0.2) is 0 Å². The van der Waals surface area contributed by atoms with Gasteiger partial charge in [0, 0.05) is 12.6 Å². The molecule has 0 aliphatic carbocycles. The van der Waals surface area contributed by atoms with E-state index in [9.17, 15) is 0 Å². The second kappa shape index (κ2) is 12.3. The molecule has 0 aromatic carbocycles. The molecule has 0 fully saturated rings. The zero-order valence-corrected chi connectivity index (χ0v) is 12.0. The third-order valence-electron chi connectivity index (χ3n) is 3.31. The van der Waals surface area contributed by atoms with Crippen molar-refractivity contribution in [3.8, 4) is 0 Å². The van der Waals surface area contributed by atoms with Gasteiger partial charge in [0.05, 0.1) is 6.10 Å². The summed E-state index contributed by atoms with van der Waals surface area (Å²) in [5.74, 6) is 5.61. The molecule has 0 heterocycles. The summed E-state index contributed by atoms with van der Waals surface area (Å²) in [6, 6.07) is 0.311. The van der Waals surface area contributed by atoms with Crippen molar-refractivity contribution in [2.75, 3.05) is 6.61 Å². The molecule has 0 aliphatic heterocycles. The Balaban J connectivity index is 3.65. The summed E-state index contributed by atoms with van der Waals surface area (Å²) in [5, 5.41) is 0. The number of hydrazine groups is 1. The Morgan fingerprint density at radius 1 is 1.00 bits per heavy atom. The molecular formula is C14H32N2O. The molecule has 0 spiro atoms. The minimum atomic E-state index is 0.264. The number of ether oxygens (including phenoxy) is 1. The smallest absolute Gasteiger partial charge is 0.0738 e. The van der Waals surface area contributed by atoms with Crippen molar-refractivity contribution >= 4 is 0 Å². The first-order chi connectivity index (χ1) is 8.29. The van der Waals surface area contributed by atoms with E-state index in [-0.39, 0.29) is 6.10 Å². The van der Waals surface area contributed by atoms with E-state index in [1.807, 2.05) is 6.92 Å². The quantitative estimate of drug-likeness (QED) is 0.314. The van der Waals surface area contributed by atoms with Crippen molar-refractivity contribution < 1.29 is 4.74 Å². The average Bonchev–Trinajstić information content (AvgIpc) is 2.36. The Hall–Kier alpha value is -0.120. The molecular weight excluding hydrogens is 212 g/mol. The highest BCUT2D eigenvalue weighted by Crippen LogP contribution is 2.13. The van der Waals surface area contributed by atoms with E-state index < -0.39 is 0 Å². The lowest BCUT2D eigenvalue weighted by Crippen LogP contribution is -2.45. The molecule has 3 nitrogen and oxygen atoms in total. The standard InChI is InChI=1S/C14H32N2O/c1-4-7-8-9-10-11-12-13(16-15)14(5-2)17-6-3/h13-14,16H,4-12,15H2,1-3H3. The Morgan fingerprint density at radius 3 is 2.18 bits per heavy atom. The van der Waals surface area contributed by atoms with Gasteiger partial charge in [-0.1, -0.05) is 52.4 Å². The largest absolute Gasteiger partial charge is 0.377 e. The van der Waals surface area contributed by atoms with Crippen LogP contribution >= 0.6 is 0 Å². The lowest BCUT2D eigenvalue weighted by atomic mass is 10.0. The van der Waals surface area contributed by atoms with Gasteiger partial charge in [-0.15, -0.1) is 0 Å². The van der Waals surface area contributed by atoms with Gasteiger partial charge < -0.3 is 4.74 Å². The number of hydrogen-bond donors (Lipinski definition) is 2. The zero-order valence-electron chi connectivity index (χ0n) is 12.0. The molecule has 0 aromatic heterocycles. The SMILES string of the molecule is CCCCCCCCC(NN)C(CC)OCC. The maximum atomic E-state index is 5.70. The monoisotopic (exact) mass is 244 g/mol. The molecule has 0 aromatic rings. The van der Waals surface area contributed by atoms with Crippen molar-refractivity contribution in [1.82, 2.24) is 5.43 Å². The molecule has 0 aliphatic rings. The molecule has 0 bridgehead atoms. The topological polar surface area (TPSA) is 47.3 Å². The van der Waals surface area contributed by atoms with Crippen molar-refractivity contribution in [1.29, 1.82) is 0 Å². The molecule has 0 rings (SSSR count). The third kappa shape index (κ3) is 8.58. The van der Waals surface area contributed by atoms with E-state index in [4.69, 9.17) is 10.6 Å². The maximum Gasteiger partial charge on any atom is 0.0738 e. The molecule has 0 saturated carbocycles. The Morgan fingerprint density at radius 2 is 1.65 bits per heavy atom. The Kier molecular flexibility index (Phi) is 12.3. The fraction of sp³-hybridized carbons (Fsp3) is 1.00. The van der Waals surface area contributed by atoms with Crippen LogP contribution in [0.5, 0.6) is 0 Å². The van der Waals surface area contributed by atoms with Gasteiger partial charge in [-0.25, -0.2) is 0 Å². The van der Waals surface area contributed by atoms with E-state index in [0.717, 1.165) is 19.4 Å². The maximum absolute atomic E-state index is 5.70. The van der Waals surface area contributed by atoms with Crippen LogP contribution in [0.15, 0.2) is 0 Å². The number of nitrogens with two attached hydrogens (primary N) is 1.